The second-order valence-corrected chi connectivity index (χ2v) is 3.18. The van der Waals surface area contributed by atoms with E-state index in [0.29, 0.717) is 5.75 Å². The molecule has 2 N–H and O–H groups in total. The Morgan fingerprint density at radius 2 is 2.20 bits per heavy atom. The lowest BCUT2D eigenvalue weighted by atomic mass is 10.0. The Hall–Kier alpha value is -1.55. The lowest BCUT2D eigenvalue weighted by Crippen LogP contribution is -2.20. The van der Waals surface area contributed by atoms with Crippen LogP contribution in [0.4, 0.5) is 0 Å². The minimum Gasteiger partial charge on any atom is -0.496 e. The minimum absolute atomic E-state index is 0.0386. The van der Waals surface area contributed by atoms with Crippen molar-refractivity contribution >= 4 is 5.97 Å². The third-order valence-corrected chi connectivity index (χ3v) is 2.24. The van der Waals surface area contributed by atoms with Crippen LogP contribution in [0, 0.1) is 0 Å². The molecule has 0 amide bonds. The second-order valence-electron chi connectivity index (χ2n) is 3.18. The van der Waals surface area contributed by atoms with E-state index in [2.05, 4.69) is 5.32 Å². The number of carboxylic acids is 1. The van der Waals surface area contributed by atoms with E-state index in [-0.39, 0.29) is 12.5 Å². The Morgan fingerprint density at radius 3 is 2.73 bits per heavy atom. The Kier molecular flexibility index (Phi) is 4.12. The largest absolute Gasteiger partial charge is 0.496 e. The molecule has 0 radical (unpaired) electrons. The first kappa shape index (κ1) is 11.5. The number of methoxy groups -OCH3 is 1. The van der Waals surface area contributed by atoms with Gasteiger partial charge < -0.3 is 15.2 Å². The summed E-state index contributed by atoms with van der Waals surface area (Å²) >= 11 is 0. The predicted octanol–water partition coefficient (Wildman–Crippen LogP) is 1.43. The van der Waals surface area contributed by atoms with Crippen molar-refractivity contribution in [2.24, 2.45) is 0 Å². The van der Waals surface area contributed by atoms with Crippen LogP contribution in [0.2, 0.25) is 0 Å². The monoisotopic (exact) mass is 209 g/mol. The van der Waals surface area contributed by atoms with Gasteiger partial charge in [-0.2, -0.15) is 0 Å². The minimum atomic E-state index is -0.833. The van der Waals surface area contributed by atoms with Gasteiger partial charge in [-0.1, -0.05) is 18.2 Å². The molecule has 1 aromatic rings. The lowest BCUT2D eigenvalue weighted by Gasteiger charge is -2.17. The maximum atomic E-state index is 10.7. The van der Waals surface area contributed by atoms with E-state index in [9.17, 15) is 4.79 Å². The average molecular weight is 209 g/mol. The molecule has 0 aliphatic carbocycles. The summed E-state index contributed by atoms with van der Waals surface area (Å²) in [5.74, 6) is -0.127. The molecular formula is C11H15NO3. The molecule has 4 heteroatoms. The first-order valence-electron chi connectivity index (χ1n) is 4.71. The number of ether oxygens (including phenoxy) is 1. The fourth-order valence-electron chi connectivity index (χ4n) is 1.50. The summed E-state index contributed by atoms with van der Waals surface area (Å²) in [7, 11) is 3.31. The zero-order chi connectivity index (χ0) is 11.3. The highest BCUT2D eigenvalue weighted by molar-refractivity contribution is 5.68. The molecule has 0 saturated heterocycles. The van der Waals surface area contributed by atoms with Crippen molar-refractivity contribution in [1.82, 2.24) is 5.32 Å². The maximum absolute atomic E-state index is 10.7. The first-order chi connectivity index (χ1) is 7.19. The van der Waals surface area contributed by atoms with Crippen molar-refractivity contribution in [3.8, 4) is 5.75 Å². The zero-order valence-electron chi connectivity index (χ0n) is 8.86. The van der Waals surface area contributed by atoms with Gasteiger partial charge in [0.25, 0.3) is 0 Å². The molecule has 0 aromatic heterocycles. The molecule has 82 valence electrons. The van der Waals surface area contributed by atoms with Crippen molar-refractivity contribution < 1.29 is 14.6 Å². The smallest absolute Gasteiger partial charge is 0.305 e. The normalized spacial score (nSPS) is 12.1. The highest BCUT2D eigenvalue weighted by Crippen LogP contribution is 2.26. The molecule has 1 aromatic carbocycles. The molecule has 15 heavy (non-hydrogen) atoms. The van der Waals surface area contributed by atoms with E-state index in [1.165, 1.54) is 0 Å². The van der Waals surface area contributed by atoms with Crippen LogP contribution >= 0.6 is 0 Å². The van der Waals surface area contributed by atoms with Gasteiger partial charge in [-0.05, 0) is 13.1 Å². The summed E-state index contributed by atoms with van der Waals surface area (Å²) in [5.41, 5.74) is 0.866. The summed E-state index contributed by atoms with van der Waals surface area (Å²) in [6.07, 6.45) is 0.0386. The fraction of sp³-hybridized carbons (Fsp3) is 0.364. The third-order valence-electron chi connectivity index (χ3n) is 2.24. The Balaban J connectivity index is 2.95. The molecule has 4 nitrogen and oxygen atoms in total. The second kappa shape index (κ2) is 5.36. The highest BCUT2D eigenvalue weighted by Gasteiger charge is 2.16. The van der Waals surface area contributed by atoms with Crippen molar-refractivity contribution in [3.63, 3.8) is 0 Å². The van der Waals surface area contributed by atoms with Gasteiger partial charge in [-0.3, -0.25) is 4.79 Å². The molecule has 1 atom stereocenters. The number of rotatable bonds is 5. The van der Waals surface area contributed by atoms with Crippen molar-refractivity contribution in [1.29, 1.82) is 0 Å². The van der Waals surface area contributed by atoms with E-state index < -0.39 is 5.97 Å². The van der Waals surface area contributed by atoms with Crippen LogP contribution in [0.5, 0.6) is 5.75 Å². The average Bonchev–Trinajstić information content (AvgIpc) is 2.25. The van der Waals surface area contributed by atoms with Gasteiger partial charge >= 0.3 is 5.97 Å². The Morgan fingerprint density at radius 1 is 1.53 bits per heavy atom. The SMILES string of the molecule is CN[C@@H](CC(=O)O)c1ccccc1OC. The van der Waals surface area contributed by atoms with Crippen molar-refractivity contribution in [2.75, 3.05) is 14.2 Å². The number of aliphatic carboxylic acids is 1. The number of carboxylic acid groups (broad SMARTS) is 1. The summed E-state index contributed by atoms with van der Waals surface area (Å²) < 4.78 is 5.18. The van der Waals surface area contributed by atoms with Gasteiger partial charge in [0, 0.05) is 11.6 Å². The number of hydrogen-bond donors (Lipinski definition) is 2. The van der Waals surface area contributed by atoms with Gasteiger partial charge in [0.05, 0.1) is 13.5 Å². The number of benzene rings is 1. The standard InChI is InChI=1S/C11H15NO3/c1-12-9(7-11(13)14)8-5-3-4-6-10(8)15-2/h3-6,9,12H,7H2,1-2H3,(H,13,14)/t9-/m0/s1. The molecule has 0 aliphatic rings. The molecule has 0 fully saturated rings. The van der Waals surface area contributed by atoms with Gasteiger partial charge in [0.1, 0.15) is 5.75 Å². The quantitative estimate of drug-likeness (QED) is 0.770. The van der Waals surface area contributed by atoms with Crippen molar-refractivity contribution in [3.05, 3.63) is 29.8 Å². The van der Waals surface area contributed by atoms with Crippen LogP contribution in [-0.2, 0) is 4.79 Å². The first-order valence-corrected chi connectivity index (χ1v) is 4.71. The van der Waals surface area contributed by atoms with Gasteiger partial charge in [-0.25, -0.2) is 0 Å². The van der Waals surface area contributed by atoms with Crippen LogP contribution in [0.1, 0.15) is 18.0 Å². The highest BCUT2D eigenvalue weighted by atomic mass is 16.5. The van der Waals surface area contributed by atoms with Crippen LogP contribution in [-0.4, -0.2) is 25.2 Å². The fourth-order valence-corrected chi connectivity index (χ4v) is 1.50. The van der Waals surface area contributed by atoms with Gasteiger partial charge in [0.15, 0.2) is 0 Å². The van der Waals surface area contributed by atoms with E-state index in [4.69, 9.17) is 9.84 Å². The van der Waals surface area contributed by atoms with Crippen molar-refractivity contribution in [2.45, 2.75) is 12.5 Å². The molecule has 0 spiro atoms. The molecule has 0 bridgehead atoms. The molecular weight excluding hydrogens is 194 g/mol. The number of nitrogens with one attached hydrogen (secondary N) is 1. The van der Waals surface area contributed by atoms with E-state index in [1.54, 1.807) is 14.2 Å². The molecule has 0 saturated carbocycles. The van der Waals surface area contributed by atoms with E-state index in [0.717, 1.165) is 5.56 Å². The molecule has 0 aliphatic heterocycles. The van der Waals surface area contributed by atoms with Crippen LogP contribution in [0.3, 0.4) is 0 Å². The van der Waals surface area contributed by atoms with E-state index >= 15 is 0 Å². The predicted molar refractivity (Wildman–Crippen MR) is 57.0 cm³/mol. The summed E-state index contributed by atoms with van der Waals surface area (Å²) in [4.78, 5) is 10.7. The van der Waals surface area contributed by atoms with Crippen LogP contribution in [0.25, 0.3) is 0 Å². The topological polar surface area (TPSA) is 58.6 Å². The number of carbonyl (C=O) groups is 1. The maximum Gasteiger partial charge on any atom is 0.305 e. The summed E-state index contributed by atoms with van der Waals surface area (Å²) in [5, 5.41) is 11.7. The Bertz CT molecular complexity index is 338. The summed E-state index contributed by atoms with van der Waals surface area (Å²) in [6, 6.07) is 7.18. The molecule has 0 unspecified atom stereocenters. The lowest BCUT2D eigenvalue weighted by molar-refractivity contribution is -0.137. The Labute approximate surface area is 88.9 Å². The number of hydrogen-bond acceptors (Lipinski definition) is 3. The third kappa shape index (κ3) is 2.95. The molecule has 0 heterocycles. The van der Waals surface area contributed by atoms with Crippen LogP contribution < -0.4 is 10.1 Å². The molecule has 1 rings (SSSR count). The number of para-hydroxylation sites is 1. The van der Waals surface area contributed by atoms with Gasteiger partial charge in [0.2, 0.25) is 0 Å². The van der Waals surface area contributed by atoms with Crippen LogP contribution in [0.15, 0.2) is 24.3 Å². The zero-order valence-corrected chi connectivity index (χ0v) is 8.86. The van der Waals surface area contributed by atoms with E-state index in [1.807, 2.05) is 24.3 Å². The van der Waals surface area contributed by atoms with Gasteiger partial charge in [-0.15, -0.1) is 0 Å². The summed E-state index contributed by atoms with van der Waals surface area (Å²) in [6.45, 7) is 0.